The van der Waals surface area contributed by atoms with Crippen molar-refractivity contribution < 1.29 is 9.21 Å². The number of hydrazone groups is 1. The topological polar surface area (TPSA) is 71.6 Å². The molecule has 3 aromatic rings. The molecule has 7 heteroatoms. The lowest BCUT2D eigenvalue weighted by Gasteiger charge is -2.19. The van der Waals surface area contributed by atoms with Crippen LogP contribution in [0.4, 0.5) is 0 Å². The molecule has 0 saturated heterocycles. The highest BCUT2D eigenvalue weighted by Crippen LogP contribution is 2.34. The zero-order valence-electron chi connectivity index (χ0n) is 17.5. The van der Waals surface area contributed by atoms with E-state index < -0.39 is 0 Å². The highest BCUT2D eigenvalue weighted by atomic mass is 32.2. The molecule has 0 unspecified atom stereocenters. The fraction of sp³-hybridized carbons (Fsp3) is 0.304. The second-order valence-electron chi connectivity index (χ2n) is 7.48. The molecule has 0 fully saturated rings. The van der Waals surface area contributed by atoms with Crippen LogP contribution >= 0.6 is 11.8 Å². The number of aryl methyl sites for hydroxylation is 3. The van der Waals surface area contributed by atoms with Gasteiger partial charge in [0.25, 0.3) is 5.91 Å². The normalized spacial score (nSPS) is 16.1. The molecule has 0 spiro atoms. The van der Waals surface area contributed by atoms with Crippen molar-refractivity contribution in [3.63, 3.8) is 0 Å². The van der Waals surface area contributed by atoms with Crippen molar-refractivity contribution in [2.45, 2.75) is 45.3 Å². The lowest BCUT2D eigenvalue weighted by molar-refractivity contribution is -0.130. The Kier molecular flexibility index (Phi) is 5.72. The van der Waals surface area contributed by atoms with E-state index in [0.29, 0.717) is 11.6 Å². The van der Waals surface area contributed by atoms with E-state index in [1.165, 1.54) is 17.3 Å². The first-order chi connectivity index (χ1) is 14.4. The molecule has 6 nitrogen and oxygen atoms in total. The van der Waals surface area contributed by atoms with Crippen LogP contribution in [0.2, 0.25) is 0 Å². The van der Waals surface area contributed by atoms with E-state index in [1.807, 2.05) is 45.0 Å². The van der Waals surface area contributed by atoms with Gasteiger partial charge in [-0.3, -0.25) is 4.79 Å². The van der Waals surface area contributed by atoms with E-state index in [0.717, 1.165) is 34.0 Å². The average molecular weight is 421 g/mol. The van der Waals surface area contributed by atoms with Crippen molar-refractivity contribution >= 4 is 23.4 Å². The van der Waals surface area contributed by atoms with Crippen LogP contribution in [-0.2, 0) is 4.79 Å². The van der Waals surface area contributed by atoms with Gasteiger partial charge in [-0.25, -0.2) is 15.0 Å². The molecule has 1 aliphatic heterocycles. The fourth-order valence-electron chi connectivity index (χ4n) is 3.36. The number of benzene rings is 1. The van der Waals surface area contributed by atoms with Gasteiger partial charge < -0.3 is 4.42 Å². The molecular formula is C23H24N4O2S. The second-order valence-corrected chi connectivity index (χ2v) is 8.42. The number of amides is 1. The van der Waals surface area contributed by atoms with Crippen molar-refractivity contribution in [3.05, 3.63) is 76.5 Å². The van der Waals surface area contributed by atoms with Crippen LogP contribution in [0.1, 0.15) is 46.3 Å². The number of thioether (sulfide) groups is 1. The Morgan fingerprint density at radius 2 is 1.80 bits per heavy atom. The number of hydrogen-bond acceptors (Lipinski definition) is 6. The predicted molar refractivity (Wildman–Crippen MR) is 118 cm³/mol. The van der Waals surface area contributed by atoms with Crippen LogP contribution in [0.15, 0.2) is 57.3 Å². The summed E-state index contributed by atoms with van der Waals surface area (Å²) in [5, 5.41) is 6.84. The van der Waals surface area contributed by atoms with Gasteiger partial charge in [0.1, 0.15) is 11.8 Å². The number of aromatic nitrogens is 2. The molecule has 0 radical (unpaired) electrons. The molecule has 3 heterocycles. The van der Waals surface area contributed by atoms with Gasteiger partial charge in [0.05, 0.1) is 17.7 Å². The smallest absolute Gasteiger partial charge is 0.253 e. The maximum atomic E-state index is 13.1. The van der Waals surface area contributed by atoms with Gasteiger partial charge in [-0.05, 0) is 51.0 Å². The van der Waals surface area contributed by atoms with Crippen molar-refractivity contribution in [2.24, 2.45) is 5.10 Å². The Hall–Kier alpha value is -2.93. The number of carbonyl (C=O) groups is 1. The standard InChI is InChI=1S/C23H24N4O2S/c1-14-7-9-18(10-8-14)19-12-20(21-6-5-11-29-21)27(26-19)22(28)13-30-23-24-16(3)15(2)17(4)25-23/h5-11,20H,12-13H2,1-4H3/t20-/m1/s1. The quantitative estimate of drug-likeness (QED) is 0.439. The third-order valence-electron chi connectivity index (χ3n) is 5.36. The van der Waals surface area contributed by atoms with Gasteiger partial charge in [-0.1, -0.05) is 41.6 Å². The molecule has 0 N–H and O–H groups in total. The first-order valence-electron chi connectivity index (χ1n) is 9.87. The van der Waals surface area contributed by atoms with E-state index in [9.17, 15) is 4.79 Å². The summed E-state index contributed by atoms with van der Waals surface area (Å²) >= 11 is 1.34. The monoisotopic (exact) mass is 420 g/mol. The van der Waals surface area contributed by atoms with E-state index in [4.69, 9.17) is 4.42 Å². The number of rotatable bonds is 5. The van der Waals surface area contributed by atoms with Crippen molar-refractivity contribution in [3.8, 4) is 0 Å². The van der Waals surface area contributed by atoms with Crippen molar-refractivity contribution in [1.82, 2.24) is 15.0 Å². The summed E-state index contributed by atoms with van der Waals surface area (Å²) in [6.07, 6.45) is 2.24. The Labute approximate surface area is 180 Å². The van der Waals surface area contributed by atoms with Gasteiger partial charge in [-0.15, -0.1) is 0 Å². The summed E-state index contributed by atoms with van der Waals surface area (Å²) in [6, 6.07) is 11.7. The first kappa shape index (κ1) is 20.3. The van der Waals surface area contributed by atoms with Gasteiger partial charge in [0, 0.05) is 17.8 Å². The SMILES string of the molecule is Cc1ccc(C2=NN(C(=O)CSc3nc(C)c(C)c(C)n3)[C@@H](c3ccco3)C2)cc1. The summed E-state index contributed by atoms with van der Waals surface area (Å²) in [4.78, 5) is 22.1. The summed E-state index contributed by atoms with van der Waals surface area (Å²) in [5.74, 6) is 0.851. The zero-order chi connectivity index (χ0) is 21.3. The van der Waals surface area contributed by atoms with Gasteiger partial charge in [0.15, 0.2) is 5.16 Å². The molecule has 0 saturated carbocycles. The summed E-state index contributed by atoms with van der Waals surface area (Å²) in [5.41, 5.74) is 6.04. The largest absolute Gasteiger partial charge is 0.467 e. The third-order valence-corrected chi connectivity index (χ3v) is 6.19. The Morgan fingerprint density at radius 3 is 2.43 bits per heavy atom. The van der Waals surface area contributed by atoms with Crippen molar-refractivity contribution in [1.29, 1.82) is 0 Å². The van der Waals surface area contributed by atoms with Gasteiger partial charge in [-0.2, -0.15) is 5.10 Å². The maximum Gasteiger partial charge on any atom is 0.253 e. The molecule has 30 heavy (non-hydrogen) atoms. The number of nitrogens with zero attached hydrogens (tertiary/aromatic N) is 4. The number of carbonyl (C=O) groups excluding carboxylic acids is 1. The first-order valence-corrected chi connectivity index (χ1v) is 10.9. The minimum Gasteiger partial charge on any atom is -0.467 e. The van der Waals surface area contributed by atoms with Crippen LogP contribution < -0.4 is 0 Å². The molecule has 154 valence electrons. The molecule has 4 rings (SSSR count). The molecule has 2 aromatic heterocycles. The number of hydrogen-bond donors (Lipinski definition) is 0. The molecule has 0 bridgehead atoms. The Morgan fingerprint density at radius 1 is 1.10 bits per heavy atom. The Balaban J connectivity index is 1.55. The zero-order valence-corrected chi connectivity index (χ0v) is 18.4. The van der Waals surface area contributed by atoms with Crippen LogP contribution in [0.25, 0.3) is 0 Å². The van der Waals surface area contributed by atoms with Crippen LogP contribution in [0.3, 0.4) is 0 Å². The summed E-state index contributed by atoms with van der Waals surface area (Å²) in [6.45, 7) is 7.97. The van der Waals surface area contributed by atoms with Gasteiger partial charge in [0.2, 0.25) is 0 Å². The molecule has 1 amide bonds. The minimum atomic E-state index is -0.244. The molecule has 1 aromatic carbocycles. The maximum absolute atomic E-state index is 13.1. The summed E-state index contributed by atoms with van der Waals surface area (Å²) < 4.78 is 5.61. The number of furan rings is 1. The third kappa shape index (κ3) is 4.16. The minimum absolute atomic E-state index is 0.0945. The summed E-state index contributed by atoms with van der Waals surface area (Å²) in [7, 11) is 0. The van der Waals surface area contributed by atoms with E-state index in [-0.39, 0.29) is 17.7 Å². The average Bonchev–Trinajstić information content (AvgIpc) is 3.40. The van der Waals surface area contributed by atoms with Crippen LogP contribution in [0, 0.1) is 27.7 Å². The Bertz CT molecular complexity index is 1070. The highest BCUT2D eigenvalue weighted by molar-refractivity contribution is 7.99. The second kappa shape index (κ2) is 8.44. The van der Waals surface area contributed by atoms with Crippen LogP contribution in [0.5, 0.6) is 0 Å². The van der Waals surface area contributed by atoms with Gasteiger partial charge >= 0.3 is 0 Å². The molecule has 1 atom stereocenters. The highest BCUT2D eigenvalue weighted by Gasteiger charge is 2.34. The molecular weight excluding hydrogens is 396 g/mol. The molecule has 1 aliphatic rings. The van der Waals surface area contributed by atoms with E-state index >= 15 is 0 Å². The fourth-order valence-corrected chi connectivity index (χ4v) is 4.15. The van der Waals surface area contributed by atoms with E-state index in [1.54, 1.807) is 11.3 Å². The molecule has 0 aliphatic carbocycles. The van der Waals surface area contributed by atoms with Crippen LogP contribution in [-0.4, -0.2) is 32.3 Å². The van der Waals surface area contributed by atoms with E-state index in [2.05, 4.69) is 34.1 Å². The predicted octanol–water partition coefficient (Wildman–Crippen LogP) is 4.77. The lowest BCUT2D eigenvalue weighted by Crippen LogP contribution is -2.28. The van der Waals surface area contributed by atoms with Crippen molar-refractivity contribution in [2.75, 3.05) is 5.75 Å². The lowest BCUT2D eigenvalue weighted by atomic mass is 10.0.